The Hall–Kier alpha value is -0.313. The molecule has 0 aromatic heterocycles. The zero-order chi connectivity index (χ0) is 9.57. The minimum atomic E-state index is -1.40. The molecule has 12 heavy (non-hydrogen) atoms. The van der Waals surface area contributed by atoms with Gasteiger partial charge >= 0.3 is 0 Å². The molecule has 0 bridgehead atoms. The Bertz CT molecular complexity index is 205. The summed E-state index contributed by atoms with van der Waals surface area (Å²) < 4.78 is 0. The molecular weight excluding hydrogens is 166 g/mol. The molecule has 3 heteroatoms. The van der Waals surface area contributed by atoms with Crippen LogP contribution in [0.4, 0.5) is 0 Å². The van der Waals surface area contributed by atoms with Crippen LogP contribution in [0.25, 0.3) is 0 Å². The molecule has 1 heterocycles. The predicted octanol–water partition coefficient (Wildman–Crippen LogP) is 1.99. The largest absolute Gasteiger partial charge is 0.356 e. The van der Waals surface area contributed by atoms with E-state index in [1.807, 2.05) is 0 Å². The molecule has 2 nitrogen and oxygen atoms in total. The summed E-state index contributed by atoms with van der Waals surface area (Å²) in [6.45, 7) is 12.3. The number of hydrogen-bond acceptors (Lipinski definition) is 1. The summed E-state index contributed by atoms with van der Waals surface area (Å²) in [4.78, 5) is 11.2. The third kappa shape index (κ3) is 1.30. The van der Waals surface area contributed by atoms with Gasteiger partial charge in [0, 0.05) is 12.1 Å². The van der Waals surface area contributed by atoms with Gasteiger partial charge in [-0.15, -0.1) is 0 Å². The molecule has 0 aromatic rings. The molecule has 0 saturated carbocycles. The van der Waals surface area contributed by atoms with Crippen molar-refractivity contribution in [3.05, 3.63) is 0 Å². The second kappa shape index (κ2) is 2.59. The molecule has 1 amide bonds. The Kier molecular flexibility index (Phi) is 2.11. The van der Waals surface area contributed by atoms with Crippen molar-refractivity contribution >= 4 is 14.0 Å². The molecule has 1 fully saturated rings. The first-order chi connectivity index (χ1) is 5.27. The highest BCUT2D eigenvalue weighted by atomic mass is 28.3. The van der Waals surface area contributed by atoms with Gasteiger partial charge in [0.2, 0.25) is 5.91 Å². The minimum Gasteiger partial charge on any atom is -0.356 e. The van der Waals surface area contributed by atoms with Crippen LogP contribution in [0, 0.1) is 0 Å². The maximum Gasteiger partial charge on any atom is 0.222 e. The summed E-state index contributed by atoms with van der Waals surface area (Å²) >= 11 is 0. The smallest absolute Gasteiger partial charge is 0.222 e. The molecule has 70 valence electrons. The number of hydrogen-bond donors (Lipinski definition) is 1. The van der Waals surface area contributed by atoms with E-state index in [9.17, 15) is 4.79 Å². The predicted molar refractivity (Wildman–Crippen MR) is 54.0 cm³/mol. The molecule has 1 rings (SSSR count). The average Bonchev–Trinajstić information content (AvgIpc) is 1.81. The molecule has 0 spiro atoms. The van der Waals surface area contributed by atoms with Crippen molar-refractivity contribution in [1.29, 1.82) is 0 Å². The zero-order valence-corrected chi connectivity index (χ0v) is 9.69. The highest BCUT2D eigenvalue weighted by molar-refractivity contribution is 6.84. The monoisotopic (exact) mass is 185 g/mol. The van der Waals surface area contributed by atoms with Crippen molar-refractivity contribution in [3.63, 3.8) is 0 Å². The lowest BCUT2D eigenvalue weighted by Crippen LogP contribution is -2.59. The van der Waals surface area contributed by atoms with Crippen molar-refractivity contribution < 1.29 is 4.79 Å². The fraction of sp³-hybridized carbons (Fsp3) is 0.889. The van der Waals surface area contributed by atoms with Gasteiger partial charge in [-0.25, -0.2) is 0 Å². The molecule has 0 aromatic carbocycles. The van der Waals surface area contributed by atoms with Crippen LogP contribution in [-0.2, 0) is 4.79 Å². The van der Waals surface area contributed by atoms with Crippen LogP contribution >= 0.6 is 0 Å². The molecule has 1 aliphatic rings. The third-order valence-corrected chi connectivity index (χ3v) is 9.68. The molecule has 0 aliphatic carbocycles. The fourth-order valence-electron chi connectivity index (χ4n) is 1.39. The second-order valence-electron chi connectivity index (χ2n) is 5.27. The van der Waals surface area contributed by atoms with Gasteiger partial charge in [-0.1, -0.05) is 33.9 Å². The van der Waals surface area contributed by atoms with E-state index in [1.165, 1.54) is 0 Å². The van der Waals surface area contributed by atoms with E-state index in [0.717, 1.165) is 6.54 Å². The lowest BCUT2D eigenvalue weighted by atomic mass is 10.2. The number of nitrogens with one attached hydrogen (secondary N) is 1. The van der Waals surface area contributed by atoms with E-state index >= 15 is 0 Å². The van der Waals surface area contributed by atoms with Gasteiger partial charge in [0.15, 0.2) is 0 Å². The van der Waals surface area contributed by atoms with Crippen molar-refractivity contribution in [1.82, 2.24) is 5.32 Å². The molecule has 0 radical (unpaired) electrons. The van der Waals surface area contributed by atoms with Crippen LogP contribution < -0.4 is 5.32 Å². The van der Waals surface area contributed by atoms with Crippen LogP contribution in [0.1, 0.15) is 20.8 Å². The van der Waals surface area contributed by atoms with Crippen LogP contribution in [-0.4, -0.2) is 20.5 Å². The van der Waals surface area contributed by atoms with Gasteiger partial charge in [0.05, 0.1) is 8.07 Å². The highest BCUT2D eigenvalue weighted by Gasteiger charge is 2.49. The van der Waals surface area contributed by atoms with Crippen LogP contribution in [0.15, 0.2) is 0 Å². The number of carbonyl (C=O) groups is 1. The van der Waals surface area contributed by atoms with E-state index < -0.39 is 8.07 Å². The third-order valence-electron chi connectivity index (χ3n) is 3.60. The summed E-state index contributed by atoms with van der Waals surface area (Å²) in [6, 6.07) is 0. The van der Waals surface area contributed by atoms with Crippen LogP contribution in [0.5, 0.6) is 0 Å². The van der Waals surface area contributed by atoms with Gasteiger partial charge in [-0.3, -0.25) is 4.79 Å². The van der Waals surface area contributed by atoms with Gasteiger partial charge in [-0.05, 0) is 5.04 Å². The zero-order valence-electron chi connectivity index (χ0n) is 8.69. The Morgan fingerprint density at radius 3 is 2.00 bits per heavy atom. The van der Waals surface area contributed by atoms with Crippen LogP contribution in [0.2, 0.25) is 23.7 Å². The van der Waals surface area contributed by atoms with E-state index in [-0.39, 0.29) is 5.91 Å². The summed E-state index contributed by atoms with van der Waals surface area (Å²) in [7, 11) is -1.40. The van der Waals surface area contributed by atoms with Gasteiger partial charge in [-0.2, -0.15) is 0 Å². The molecule has 1 saturated heterocycles. The van der Waals surface area contributed by atoms with Gasteiger partial charge in [0.1, 0.15) is 0 Å². The maximum atomic E-state index is 11.2. The number of rotatable bonds is 1. The number of amides is 1. The summed E-state index contributed by atoms with van der Waals surface area (Å²) in [5.74, 6) is 0.279. The molecular formula is C9H19NOSi. The minimum absolute atomic E-state index is 0.279. The van der Waals surface area contributed by atoms with E-state index in [1.54, 1.807) is 0 Å². The molecule has 1 atom stereocenters. The molecule has 1 aliphatic heterocycles. The lowest BCUT2D eigenvalue weighted by Gasteiger charge is -2.46. The van der Waals surface area contributed by atoms with Gasteiger partial charge in [0.25, 0.3) is 0 Å². The summed E-state index contributed by atoms with van der Waals surface area (Å²) in [6.07, 6.45) is 0. The highest BCUT2D eigenvalue weighted by Crippen LogP contribution is 2.45. The Labute approximate surface area is 75.7 Å². The van der Waals surface area contributed by atoms with E-state index in [0.29, 0.717) is 10.6 Å². The van der Waals surface area contributed by atoms with Crippen molar-refractivity contribution in [2.45, 2.75) is 44.4 Å². The Morgan fingerprint density at radius 1 is 1.42 bits per heavy atom. The molecule has 1 N–H and O–H groups in total. The first kappa shape index (κ1) is 9.77. The lowest BCUT2D eigenvalue weighted by molar-refractivity contribution is -0.125. The maximum absolute atomic E-state index is 11.2. The quantitative estimate of drug-likeness (QED) is 0.491. The number of β-lactam (4-membered cyclic amide) rings is 1. The first-order valence-corrected chi connectivity index (χ1v) is 7.62. The number of carbonyl (C=O) groups excluding carboxylic acids is 1. The van der Waals surface area contributed by atoms with E-state index in [4.69, 9.17) is 0 Å². The fourth-order valence-corrected chi connectivity index (χ4v) is 3.81. The van der Waals surface area contributed by atoms with Crippen molar-refractivity contribution in [3.8, 4) is 0 Å². The second-order valence-corrected chi connectivity index (χ2v) is 10.9. The Balaban J connectivity index is 2.78. The SMILES string of the molecule is CC(C)(C)[Si](C)(C)[C@@H]1CNC1=O. The topological polar surface area (TPSA) is 29.1 Å². The standard InChI is InChI=1S/C9H19NOSi/c1-9(2,3)12(4,5)7-6-10-8(7)11/h7H,6H2,1-5H3,(H,10,11)/t7-/m1/s1. The van der Waals surface area contributed by atoms with E-state index in [2.05, 4.69) is 39.2 Å². The van der Waals surface area contributed by atoms with Crippen molar-refractivity contribution in [2.24, 2.45) is 0 Å². The normalized spacial score (nSPS) is 24.8. The van der Waals surface area contributed by atoms with Crippen LogP contribution in [0.3, 0.4) is 0 Å². The first-order valence-electron chi connectivity index (χ1n) is 4.54. The summed E-state index contributed by atoms with van der Waals surface area (Å²) in [5.41, 5.74) is 0.345. The van der Waals surface area contributed by atoms with Gasteiger partial charge < -0.3 is 5.32 Å². The Morgan fingerprint density at radius 2 is 1.92 bits per heavy atom. The van der Waals surface area contributed by atoms with Crippen molar-refractivity contribution in [2.75, 3.05) is 6.54 Å². The summed E-state index contributed by atoms with van der Waals surface area (Å²) in [5, 5.41) is 3.16. The molecule has 0 unspecified atom stereocenters. The average molecular weight is 185 g/mol.